The van der Waals surface area contributed by atoms with Gasteiger partial charge in [0.05, 0.1) is 4.92 Å². The Morgan fingerprint density at radius 1 is 0.917 bits per heavy atom. The lowest BCUT2D eigenvalue weighted by Crippen LogP contribution is -2.07. The molecule has 0 radical (unpaired) electrons. The van der Waals surface area contributed by atoms with Crippen LogP contribution in [-0.2, 0) is 0 Å². The summed E-state index contributed by atoms with van der Waals surface area (Å²) < 4.78 is 19.5. The molecule has 0 saturated heterocycles. The highest BCUT2D eigenvalue weighted by atomic mass is 19.1. The van der Waals surface area contributed by atoms with E-state index in [1.165, 1.54) is 0 Å². The second-order valence-electron chi connectivity index (χ2n) is 5.54. The van der Waals surface area contributed by atoms with Crippen molar-refractivity contribution in [1.82, 2.24) is 0 Å². The zero-order chi connectivity index (χ0) is 16.7. The van der Waals surface area contributed by atoms with Gasteiger partial charge in [0.15, 0.2) is 6.10 Å². The third-order valence-corrected chi connectivity index (χ3v) is 4.14. The van der Waals surface area contributed by atoms with Crippen molar-refractivity contribution in [3.63, 3.8) is 0 Å². The van der Waals surface area contributed by atoms with Crippen molar-refractivity contribution in [2.45, 2.75) is 6.10 Å². The van der Waals surface area contributed by atoms with Gasteiger partial charge in [0.25, 0.3) is 0 Å². The fourth-order valence-electron chi connectivity index (χ4n) is 3.10. The summed E-state index contributed by atoms with van der Waals surface area (Å²) in [5, 5.41) is 11.2. The molecule has 4 nitrogen and oxygen atoms in total. The maximum Gasteiger partial charge on any atom is 0.311 e. The third-order valence-electron chi connectivity index (χ3n) is 4.14. The topological polar surface area (TPSA) is 52.4 Å². The number of benzene rings is 3. The first-order chi connectivity index (χ1) is 11.6. The molecule has 0 aromatic heterocycles. The first-order valence-electron chi connectivity index (χ1n) is 7.44. The van der Waals surface area contributed by atoms with Gasteiger partial charge in [0, 0.05) is 23.3 Å². The van der Waals surface area contributed by atoms with Gasteiger partial charge < -0.3 is 4.74 Å². The van der Waals surface area contributed by atoms with E-state index in [9.17, 15) is 14.5 Å². The van der Waals surface area contributed by atoms with Crippen molar-refractivity contribution in [2.24, 2.45) is 0 Å². The SMILES string of the molecule is O=[N+]([O-])c1ccc(F)cc1OC1c2ccccc2-c2ccccc21. The van der Waals surface area contributed by atoms with Crippen LogP contribution in [0.3, 0.4) is 0 Å². The lowest BCUT2D eigenvalue weighted by Gasteiger charge is -2.16. The van der Waals surface area contributed by atoms with Gasteiger partial charge in [-0.1, -0.05) is 48.5 Å². The standard InChI is InChI=1S/C19H12FNO3/c20-12-9-10-17(21(22)23)18(11-12)24-19-15-7-3-1-5-13(15)14-6-2-4-8-16(14)19/h1-11,19H. The van der Waals surface area contributed by atoms with Crippen LogP contribution in [0, 0.1) is 15.9 Å². The molecule has 0 bridgehead atoms. The Morgan fingerprint density at radius 3 is 2.08 bits per heavy atom. The molecule has 0 fully saturated rings. The van der Waals surface area contributed by atoms with Gasteiger partial charge in [-0.15, -0.1) is 0 Å². The molecule has 0 saturated carbocycles. The van der Waals surface area contributed by atoms with E-state index in [2.05, 4.69) is 0 Å². The van der Waals surface area contributed by atoms with Crippen LogP contribution in [0.15, 0.2) is 66.7 Å². The van der Waals surface area contributed by atoms with E-state index in [-0.39, 0.29) is 11.4 Å². The van der Waals surface area contributed by atoms with Crippen LogP contribution >= 0.6 is 0 Å². The maximum atomic E-state index is 13.6. The molecule has 24 heavy (non-hydrogen) atoms. The van der Waals surface area contributed by atoms with Gasteiger partial charge in [-0.05, 0) is 17.2 Å². The summed E-state index contributed by atoms with van der Waals surface area (Å²) in [7, 11) is 0. The highest BCUT2D eigenvalue weighted by molar-refractivity contribution is 5.78. The van der Waals surface area contributed by atoms with Gasteiger partial charge in [-0.3, -0.25) is 10.1 Å². The van der Waals surface area contributed by atoms with E-state index in [1.54, 1.807) is 0 Å². The van der Waals surface area contributed by atoms with Crippen LogP contribution in [0.2, 0.25) is 0 Å². The second kappa shape index (κ2) is 5.45. The summed E-state index contributed by atoms with van der Waals surface area (Å²) in [6, 6.07) is 18.7. The molecule has 0 aliphatic heterocycles. The number of nitrogens with zero attached hydrogens (tertiary/aromatic N) is 1. The molecule has 3 aromatic rings. The van der Waals surface area contributed by atoms with Crippen LogP contribution in [-0.4, -0.2) is 4.92 Å². The Balaban J connectivity index is 1.84. The molecule has 0 unspecified atom stereocenters. The lowest BCUT2D eigenvalue weighted by molar-refractivity contribution is -0.386. The zero-order valence-electron chi connectivity index (χ0n) is 12.5. The summed E-state index contributed by atoms with van der Waals surface area (Å²) >= 11 is 0. The molecule has 3 aromatic carbocycles. The summed E-state index contributed by atoms with van der Waals surface area (Å²) in [6.45, 7) is 0. The highest BCUT2D eigenvalue weighted by Gasteiger charge is 2.31. The molecule has 0 atom stereocenters. The number of nitro groups is 1. The minimum absolute atomic E-state index is 0.0727. The largest absolute Gasteiger partial charge is 0.474 e. The van der Waals surface area contributed by atoms with Gasteiger partial charge >= 0.3 is 5.69 Å². The number of hydrogen-bond acceptors (Lipinski definition) is 3. The van der Waals surface area contributed by atoms with E-state index in [4.69, 9.17) is 4.74 Å². The number of fused-ring (bicyclic) bond motifs is 3. The molecule has 0 spiro atoms. The Kier molecular flexibility index (Phi) is 3.27. The normalized spacial score (nSPS) is 12.5. The quantitative estimate of drug-likeness (QED) is 0.510. The fourth-order valence-corrected chi connectivity index (χ4v) is 3.10. The third kappa shape index (κ3) is 2.22. The Labute approximate surface area is 137 Å². The molecule has 5 heteroatoms. The minimum atomic E-state index is -0.574. The molecule has 4 rings (SSSR count). The van der Waals surface area contributed by atoms with Crippen molar-refractivity contribution in [3.8, 4) is 16.9 Å². The lowest BCUT2D eigenvalue weighted by atomic mass is 10.1. The summed E-state index contributed by atoms with van der Waals surface area (Å²) in [4.78, 5) is 10.6. The smallest absolute Gasteiger partial charge is 0.311 e. The van der Waals surface area contributed by atoms with Crippen LogP contribution in [0.1, 0.15) is 17.2 Å². The molecule has 1 aliphatic carbocycles. The molecule has 1 aliphatic rings. The number of ether oxygens (including phenoxy) is 1. The van der Waals surface area contributed by atoms with Crippen LogP contribution < -0.4 is 4.74 Å². The van der Waals surface area contributed by atoms with Crippen molar-refractivity contribution >= 4 is 5.69 Å². The number of hydrogen-bond donors (Lipinski definition) is 0. The highest BCUT2D eigenvalue weighted by Crippen LogP contribution is 2.46. The Bertz CT molecular complexity index is 909. The summed E-state index contributed by atoms with van der Waals surface area (Å²) in [5.41, 5.74) is 3.63. The van der Waals surface area contributed by atoms with Crippen molar-refractivity contribution in [2.75, 3.05) is 0 Å². The van der Waals surface area contributed by atoms with Gasteiger partial charge in [-0.2, -0.15) is 0 Å². The Hall–Kier alpha value is -3.21. The minimum Gasteiger partial charge on any atom is -0.474 e. The second-order valence-corrected chi connectivity index (χ2v) is 5.54. The molecular weight excluding hydrogens is 309 g/mol. The molecule has 118 valence electrons. The van der Waals surface area contributed by atoms with Crippen molar-refractivity contribution in [3.05, 3.63) is 93.8 Å². The van der Waals surface area contributed by atoms with E-state index >= 15 is 0 Å². The van der Waals surface area contributed by atoms with Crippen molar-refractivity contribution < 1.29 is 14.1 Å². The average Bonchev–Trinajstić information content (AvgIpc) is 2.89. The van der Waals surface area contributed by atoms with Gasteiger partial charge in [0.2, 0.25) is 5.75 Å². The monoisotopic (exact) mass is 321 g/mol. The van der Waals surface area contributed by atoms with E-state index in [0.29, 0.717) is 0 Å². The average molecular weight is 321 g/mol. The van der Waals surface area contributed by atoms with Crippen LogP contribution in [0.4, 0.5) is 10.1 Å². The Morgan fingerprint density at radius 2 is 1.50 bits per heavy atom. The zero-order valence-corrected chi connectivity index (χ0v) is 12.5. The van der Waals surface area contributed by atoms with Gasteiger partial charge in [0.1, 0.15) is 5.82 Å². The van der Waals surface area contributed by atoms with Crippen LogP contribution in [0.25, 0.3) is 11.1 Å². The molecule has 0 amide bonds. The van der Waals surface area contributed by atoms with Gasteiger partial charge in [-0.25, -0.2) is 4.39 Å². The molecular formula is C19H12FNO3. The number of halogens is 1. The summed E-state index contributed by atoms with van der Waals surface area (Å²) in [6.07, 6.45) is -0.502. The molecule has 0 N–H and O–H groups in total. The summed E-state index contributed by atoms with van der Waals surface area (Å²) in [5.74, 6) is -0.647. The predicted molar refractivity (Wildman–Crippen MR) is 87.4 cm³/mol. The predicted octanol–water partition coefficient (Wildman–Crippen LogP) is 4.88. The fraction of sp³-hybridized carbons (Fsp3) is 0.0526. The van der Waals surface area contributed by atoms with Crippen LogP contribution in [0.5, 0.6) is 5.75 Å². The first-order valence-corrected chi connectivity index (χ1v) is 7.44. The maximum absolute atomic E-state index is 13.6. The first kappa shape index (κ1) is 14.4. The van der Waals surface area contributed by atoms with E-state index < -0.39 is 16.8 Å². The van der Waals surface area contributed by atoms with E-state index in [1.807, 2.05) is 48.5 Å². The van der Waals surface area contributed by atoms with E-state index in [0.717, 1.165) is 40.5 Å². The number of nitro benzene ring substituents is 1. The van der Waals surface area contributed by atoms with Crippen molar-refractivity contribution in [1.29, 1.82) is 0 Å². The number of rotatable bonds is 3. The molecule has 0 heterocycles.